The Kier molecular flexibility index (Phi) is 4.92. The molecule has 0 unspecified atom stereocenters. The van der Waals surface area contributed by atoms with Gasteiger partial charge in [0, 0.05) is 6.04 Å². The maximum absolute atomic E-state index is 13.2. The number of carbonyl (C=O) groups excluding carboxylic acids is 1. The lowest BCUT2D eigenvalue weighted by molar-refractivity contribution is -0.125. The van der Waals surface area contributed by atoms with Crippen molar-refractivity contribution in [2.24, 2.45) is 5.92 Å². The van der Waals surface area contributed by atoms with Crippen LogP contribution in [0.2, 0.25) is 0 Å². The van der Waals surface area contributed by atoms with E-state index in [4.69, 9.17) is 4.74 Å². The molecule has 0 radical (unpaired) electrons. The van der Waals surface area contributed by atoms with Crippen LogP contribution in [-0.4, -0.2) is 30.3 Å². The van der Waals surface area contributed by atoms with E-state index in [9.17, 15) is 9.90 Å². The van der Waals surface area contributed by atoms with Crippen LogP contribution in [0.4, 0.5) is 0 Å². The summed E-state index contributed by atoms with van der Waals surface area (Å²) in [5, 5.41) is 13.1. The molecule has 0 aromatic heterocycles. The van der Waals surface area contributed by atoms with Gasteiger partial charge in [0.25, 0.3) is 0 Å². The van der Waals surface area contributed by atoms with Crippen molar-refractivity contribution in [2.45, 2.75) is 49.7 Å². The minimum absolute atomic E-state index is 0.0685. The van der Waals surface area contributed by atoms with Gasteiger partial charge in [-0.2, -0.15) is 0 Å². The maximum atomic E-state index is 13.2. The van der Waals surface area contributed by atoms with Crippen molar-refractivity contribution in [2.75, 3.05) is 7.11 Å². The molecule has 2 aromatic rings. The fraction of sp³-hybridized carbons (Fsp3) is 0.435. The molecular weight excluding hydrogens is 338 g/mol. The summed E-state index contributed by atoms with van der Waals surface area (Å²) in [6, 6.07) is 18.2. The molecule has 4 nitrogen and oxygen atoms in total. The Morgan fingerprint density at radius 1 is 1.15 bits per heavy atom. The first-order valence-corrected chi connectivity index (χ1v) is 9.78. The summed E-state index contributed by atoms with van der Waals surface area (Å²) in [5.41, 5.74) is 1.88. The van der Waals surface area contributed by atoms with Gasteiger partial charge < -0.3 is 15.2 Å². The van der Waals surface area contributed by atoms with E-state index in [0.717, 1.165) is 43.4 Å². The predicted molar refractivity (Wildman–Crippen MR) is 105 cm³/mol. The normalized spacial score (nSPS) is 23.8. The minimum atomic E-state index is -0.399. The Morgan fingerprint density at radius 2 is 1.81 bits per heavy atom. The third-order valence-corrected chi connectivity index (χ3v) is 6.16. The Hall–Kier alpha value is -2.33. The average Bonchev–Trinajstić information content (AvgIpc) is 3.48. The average molecular weight is 365 g/mol. The Balaban J connectivity index is 1.49. The molecule has 2 saturated carbocycles. The Bertz CT molecular complexity index is 777. The standard InChI is InChI=1S/C23H27NO3/c1-27-20-9-7-18(8-10-20)23(11-12-23)22(26)24-21(17-14-19(25)15-17)13-16-5-3-2-4-6-16/h2-10,17,19,21,25H,11-15H2,1H3,(H,24,26)/t17?,19?,21-/m0/s1. The van der Waals surface area contributed by atoms with Crippen LogP contribution in [0.15, 0.2) is 54.6 Å². The predicted octanol–water partition coefficient (Wildman–Crippen LogP) is 3.23. The quantitative estimate of drug-likeness (QED) is 0.792. The molecule has 142 valence electrons. The maximum Gasteiger partial charge on any atom is 0.230 e. The smallest absolute Gasteiger partial charge is 0.230 e. The van der Waals surface area contributed by atoms with Gasteiger partial charge >= 0.3 is 0 Å². The van der Waals surface area contributed by atoms with Crippen molar-refractivity contribution in [3.8, 4) is 5.75 Å². The minimum Gasteiger partial charge on any atom is -0.497 e. The van der Waals surface area contributed by atoms with Crippen molar-refractivity contribution >= 4 is 5.91 Å². The SMILES string of the molecule is COc1ccc(C2(C(=O)N[C@@H](Cc3ccccc3)C3CC(O)C3)CC2)cc1. The summed E-state index contributed by atoms with van der Waals surface area (Å²) in [6.45, 7) is 0. The second-order valence-electron chi connectivity index (χ2n) is 7.97. The van der Waals surface area contributed by atoms with Crippen LogP contribution in [0.25, 0.3) is 0 Å². The first-order chi connectivity index (χ1) is 13.1. The fourth-order valence-corrected chi connectivity index (χ4v) is 4.15. The second kappa shape index (κ2) is 7.35. The third-order valence-electron chi connectivity index (χ3n) is 6.16. The molecule has 2 aromatic carbocycles. The number of rotatable bonds is 7. The van der Waals surface area contributed by atoms with Gasteiger partial charge in [-0.1, -0.05) is 42.5 Å². The van der Waals surface area contributed by atoms with Gasteiger partial charge in [-0.25, -0.2) is 0 Å². The van der Waals surface area contributed by atoms with E-state index in [2.05, 4.69) is 17.4 Å². The number of hydrogen-bond acceptors (Lipinski definition) is 3. The van der Waals surface area contributed by atoms with Crippen LogP contribution in [-0.2, 0) is 16.6 Å². The lowest BCUT2D eigenvalue weighted by Gasteiger charge is -2.39. The number of methoxy groups -OCH3 is 1. The van der Waals surface area contributed by atoms with Crippen LogP contribution in [0.1, 0.15) is 36.8 Å². The van der Waals surface area contributed by atoms with Crippen LogP contribution >= 0.6 is 0 Å². The van der Waals surface area contributed by atoms with Gasteiger partial charge in [0.05, 0.1) is 18.6 Å². The van der Waals surface area contributed by atoms with E-state index >= 15 is 0 Å². The van der Waals surface area contributed by atoms with Gasteiger partial charge in [0.15, 0.2) is 0 Å². The van der Waals surface area contributed by atoms with Gasteiger partial charge in [0.1, 0.15) is 5.75 Å². The summed E-state index contributed by atoms with van der Waals surface area (Å²) < 4.78 is 5.23. The van der Waals surface area contributed by atoms with E-state index in [0.29, 0.717) is 5.92 Å². The molecule has 2 fully saturated rings. The van der Waals surface area contributed by atoms with Crippen LogP contribution in [0.5, 0.6) is 5.75 Å². The zero-order valence-electron chi connectivity index (χ0n) is 15.7. The molecule has 1 atom stereocenters. The van der Waals surface area contributed by atoms with E-state index in [-0.39, 0.29) is 18.1 Å². The van der Waals surface area contributed by atoms with Crippen LogP contribution in [0, 0.1) is 5.92 Å². The number of hydrogen-bond donors (Lipinski definition) is 2. The summed E-state index contributed by atoms with van der Waals surface area (Å²) in [4.78, 5) is 13.2. The molecule has 0 bridgehead atoms. The highest BCUT2D eigenvalue weighted by atomic mass is 16.5. The summed E-state index contributed by atoms with van der Waals surface area (Å²) in [7, 11) is 1.65. The second-order valence-corrected chi connectivity index (χ2v) is 7.97. The van der Waals surface area contributed by atoms with E-state index < -0.39 is 5.41 Å². The van der Waals surface area contributed by atoms with E-state index in [1.54, 1.807) is 7.11 Å². The van der Waals surface area contributed by atoms with Crippen molar-refractivity contribution in [1.82, 2.24) is 5.32 Å². The number of amides is 1. The zero-order valence-corrected chi connectivity index (χ0v) is 15.7. The monoisotopic (exact) mass is 365 g/mol. The van der Waals surface area contributed by atoms with Gasteiger partial charge in [-0.05, 0) is 61.3 Å². The van der Waals surface area contributed by atoms with E-state index in [1.807, 2.05) is 42.5 Å². The Morgan fingerprint density at radius 3 is 2.37 bits per heavy atom. The Labute approximate surface area is 160 Å². The molecule has 0 heterocycles. The molecule has 4 rings (SSSR count). The molecule has 2 N–H and O–H groups in total. The lowest BCUT2D eigenvalue weighted by Crippen LogP contribution is -2.50. The van der Waals surface area contributed by atoms with Crippen molar-refractivity contribution in [3.05, 3.63) is 65.7 Å². The highest BCUT2D eigenvalue weighted by molar-refractivity contribution is 5.91. The number of ether oxygens (including phenoxy) is 1. The van der Waals surface area contributed by atoms with Crippen molar-refractivity contribution in [1.29, 1.82) is 0 Å². The first-order valence-electron chi connectivity index (χ1n) is 9.78. The molecule has 4 heteroatoms. The third kappa shape index (κ3) is 3.72. The van der Waals surface area contributed by atoms with Gasteiger partial charge in [-0.15, -0.1) is 0 Å². The molecule has 1 amide bonds. The number of aliphatic hydroxyl groups excluding tert-OH is 1. The van der Waals surface area contributed by atoms with Crippen molar-refractivity contribution in [3.63, 3.8) is 0 Å². The first kappa shape index (κ1) is 18.1. The number of benzene rings is 2. The number of carbonyl (C=O) groups is 1. The van der Waals surface area contributed by atoms with Crippen molar-refractivity contribution < 1.29 is 14.6 Å². The summed E-state index contributed by atoms with van der Waals surface area (Å²) in [5.74, 6) is 1.27. The zero-order chi connectivity index (χ0) is 18.9. The highest BCUT2D eigenvalue weighted by Gasteiger charge is 2.52. The topological polar surface area (TPSA) is 58.6 Å². The molecule has 0 spiro atoms. The van der Waals surface area contributed by atoms with E-state index in [1.165, 1.54) is 5.56 Å². The lowest BCUT2D eigenvalue weighted by atomic mass is 9.75. The molecule has 2 aliphatic carbocycles. The molecule has 0 saturated heterocycles. The van der Waals surface area contributed by atoms with Gasteiger partial charge in [0.2, 0.25) is 5.91 Å². The summed E-state index contributed by atoms with van der Waals surface area (Å²) in [6.07, 6.45) is 3.90. The van der Waals surface area contributed by atoms with Crippen LogP contribution < -0.4 is 10.1 Å². The van der Waals surface area contributed by atoms with Gasteiger partial charge in [-0.3, -0.25) is 4.79 Å². The number of aliphatic hydroxyl groups is 1. The number of nitrogens with one attached hydrogen (secondary N) is 1. The van der Waals surface area contributed by atoms with Crippen LogP contribution in [0.3, 0.4) is 0 Å². The summed E-state index contributed by atoms with van der Waals surface area (Å²) >= 11 is 0. The molecular formula is C23H27NO3. The highest BCUT2D eigenvalue weighted by Crippen LogP contribution is 2.49. The molecule has 2 aliphatic rings. The molecule has 0 aliphatic heterocycles. The molecule has 27 heavy (non-hydrogen) atoms. The fourth-order valence-electron chi connectivity index (χ4n) is 4.15. The largest absolute Gasteiger partial charge is 0.497 e.